The van der Waals surface area contributed by atoms with Gasteiger partial charge in [0.25, 0.3) is 0 Å². The maximum Gasteiger partial charge on any atom is 0.334 e. The van der Waals surface area contributed by atoms with E-state index in [0.717, 1.165) is 19.5 Å². The van der Waals surface area contributed by atoms with Crippen LogP contribution in [0.4, 0.5) is 0 Å². The Hall–Kier alpha value is -0.610. The lowest BCUT2D eigenvalue weighted by Crippen LogP contribution is -2.54. The Kier molecular flexibility index (Phi) is 1.81. The van der Waals surface area contributed by atoms with Crippen LogP contribution in [0, 0.1) is 5.41 Å². The first-order valence-electron chi connectivity index (χ1n) is 4.16. The number of carbonyl (C=O) groups excluding carboxylic acids is 1. The minimum Gasteiger partial charge on any atom is -0.467 e. The van der Waals surface area contributed by atoms with E-state index in [-0.39, 0.29) is 17.5 Å². The molecule has 0 aliphatic carbocycles. The number of esters is 1. The number of hydrogen-bond donors (Lipinski definition) is 1. The molecule has 68 valence electrons. The first kappa shape index (κ1) is 8.01. The Morgan fingerprint density at radius 2 is 2.42 bits per heavy atom. The van der Waals surface area contributed by atoms with Crippen LogP contribution in [0.1, 0.15) is 6.42 Å². The molecular formula is C8H13NO3. The predicted octanol–water partition coefficient (Wildman–Crippen LogP) is -0.462. The molecule has 2 saturated heterocycles. The van der Waals surface area contributed by atoms with Gasteiger partial charge in [-0.15, -0.1) is 0 Å². The van der Waals surface area contributed by atoms with Crippen molar-refractivity contribution in [3.63, 3.8) is 0 Å². The van der Waals surface area contributed by atoms with E-state index in [2.05, 4.69) is 10.1 Å². The number of nitrogens with one attached hydrogen (secondary N) is 1. The van der Waals surface area contributed by atoms with Gasteiger partial charge in [-0.3, -0.25) is 0 Å². The molecule has 0 aromatic rings. The Labute approximate surface area is 71.2 Å². The number of carbonyl (C=O) groups is 1. The van der Waals surface area contributed by atoms with Crippen LogP contribution in [-0.2, 0) is 14.3 Å². The highest BCUT2D eigenvalue weighted by Gasteiger charge is 2.47. The van der Waals surface area contributed by atoms with Crippen molar-refractivity contribution in [2.24, 2.45) is 5.41 Å². The summed E-state index contributed by atoms with van der Waals surface area (Å²) in [4.78, 5) is 11.1. The van der Waals surface area contributed by atoms with Crippen LogP contribution in [0.5, 0.6) is 0 Å². The Morgan fingerprint density at radius 3 is 2.83 bits per heavy atom. The normalized spacial score (nSPS) is 31.6. The van der Waals surface area contributed by atoms with Crippen molar-refractivity contribution in [1.82, 2.24) is 5.32 Å². The van der Waals surface area contributed by atoms with E-state index < -0.39 is 0 Å². The lowest BCUT2D eigenvalue weighted by atomic mass is 9.80. The molecule has 1 atom stereocenters. The number of rotatable bonds is 1. The third-order valence-electron chi connectivity index (χ3n) is 2.67. The molecule has 1 unspecified atom stereocenters. The minimum absolute atomic E-state index is 0.235. The second-order valence-corrected chi connectivity index (χ2v) is 3.63. The van der Waals surface area contributed by atoms with E-state index in [1.165, 1.54) is 7.11 Å². The summed E-state index contributed by atoms with van der Waals surface area (Å²) < 4.78 is 9.96. The molecule has 0 saturated carbocycles. The van der Waals surface area contributed by atoms with Crippen molar-refractivity contribution < 1.29 is 14.3 Å². The van der Waals surface area contributed by atoms with Crippen molar-refractivity contribution in [3.05, 3.63) is 0 Å². The Balaban J connectivity index is 1.93. The molecule has 2 aliphatic rings. The summed E-state index contributed by atoms with van der Waals surface area (Å²) in [5, 5.41) is 3.19. The summed E-state index contributed by atoms with van der Waals surface area (Å²) in [7, 11) is 1.40. The average molecular weight is 171 g/mol. The fraction of sp³-hybridized carbons (Fsp3) is 0.875. The Morgan fingerprint density at radius 1 is 1.67 bits per heavy atom. The molecular weight excluding hydrogens is 158 g/mol. The zero-order valence-corrected chi connectivity index (χ0v) is 7.13. The standard InChI is InChI=1S/C8H13NO3/c1-11-7(10)6-2-8(5-12-6)3-9-4-8/h6,9H,2-5H2,1H3. The van der Waals surface area contributed by atoms with Gasteiger partial charge in [0.2, 0.25) is 0 Å². The summed E-state index contributed by atoms with van der Waals surface area (Å²) in [6, 6.07) is 0. The van der Waals surface area contributed by atoms with Crippen molar-refractivity contribution in [2.75, 3.05) is 26.8 Å². The van der Waals surface area contributed by atoms with Crippen molar-refractivity contribution in [2.45, 2.75) is 12.5 Å². The van der Waals surface area contributed by atoms with Gasteiger partial charge in [-0.1, -0.05) is 0 Å². The van der Waals surface area contributed by atoms with Gasteiger partial charge < -0.3 is 14.8 Å². The molecule has 1 spiro atoms. The molecule has 0 bridgehead atoms. The molecule has 2 fully saturated rings. The van der Waals surface area contributed by atoms with Gasteiger partial charge in [-0.2, -0.15) is 0 Å². The highest BCUT2D eigenvalue weighted by molar-refractivity contribution is 5.75. The summed E-state index contributed by atoms with van der Waals surface area (Å²) in [5.41, 5.74) is 0.235. The highest BCUT2D eigenvalue weighted by atomic mass is 16.6. The van der Waals surface area contributed by atoms with Crippen LogP contribution in [0.25, 0.3) is 0 Å². The molecule has 12 heavy (non-hydrogen) atoms. The SMILES string of the molecule is COC(=O)C1CC2(CNC2)CO1. The van der Waals surface area contributed by atoms with Gasteiger partial charge in [0.05, 0.1) is 13.7 Å². The van der Waals surface area contributed by atoms with E-state index >= 15 is 0 Å². The fourth-order valence-corrected chi connectivity index (χ4v) is 1.80. The molecule has 1 N–H and O–H groups in total. The summed E-state index contributed by atoms with van der Waals surface area (Å²) in [6.45, 7) is 2.64. The molecule has 2 heterocycles. The summed E-state index contributed by atoms with van der Waals surface area (Å²) in [5.74, 6) is -0.237. The van der Waals surface area contributed by atoms with E-state index in [0.29, 0.717) is 6.61 Å². The smallest absolute Gasteiger partial charge is 0.334 e. The molecule has 0 radical (unpaired) electrons. The molecule has 0 aromatic heterocycles. The van der Waals surface area contributed by atoms with Crippen molar-refractivity contribution >= 4 is 5.97 Å². The van der Waals surface area contributed by atoms with E-state index in [4.69, 9.17) is 4.74 Å². The highest BCUT2D eigenvalue weighted by Crippen LogP contribution is 2.36. The quantitative estimate of drug-likeness (QED) is 0.542. The molecule has 2 rings (SSSR count). The van der Waals surface area contributed by atoms with E-state index in [1.54, 1.807) is 0 Å². The van der Waals surface area contributed by atoms with Crippen LogP contribution in [-0.4, -0.2) is 38.9 Å². The summed E-state index contributed by atoms with van der Waals surface area (Å²) >= 11 is 0. The second kappa shape index (κ2) is 2.71. The van der Waals surface area contributed by atoms with Crippen LogP contribution in [0.15, 0.2) is 0 Å². The third-order valence-corrected chi connectivity index (χ3v) is 2.67. The number of hydrogen-bond acceptors (Lipinski definition) is 4. The fourth-order valence-electron chi connectivity index (χ4n) is 1.80. The van der Waals surface area contributed by atoms with Crippen molar-refractivity contribution in [1.29, 1.82) is 0 Å². The first-order chi connectivity index (χ1) is 5.76. The van der Waals surface area contributed by atoms with Gasteiger partial charge in [-0.25, -0.2) is 4.79 Å². The monoisotopic (exact) mass is 171 g/mol. The lowest BCUT2D eigenvalue weighted by Gasteiger charge is -2.37. The lowest BCUT2D eigenvalue weighted by molar-refractivity contribution is -0.151. The van der Waals surface area contributed by atoms with Gasteiger partial charge in [-0.05, 0) is 6.42 Å². The molecule has 4 heteroatoms. The van der Waals surface area contributed by atoms with E-state index in [9.17, 15) is 4.79 Å². The zero-order chi connectivity index (χ0) is 8.60. The van der Waals surface area contributed by atoms with Gasteiger partial charge in [0.15, 0.2) is 6.10 Å². The number of ether oxygens (including phenoxy) is 2. The minimum atomic E-state index is -0.322. The molecule has 0 aromatic carbocycles. The average Bonchev–Trinajstić information content (AvgIpc) is 2.46. The van der Waals surface area contributed by atoms with Gasteiger partial charge >= 0.3 is 5.97 Å². The van der Waals surface area contributed by atoms with Gasteiger partial charge in [0.1, 0.15) is 0 Å². The Bertz CT molecular complexity index is 200. The maximum absolute atomic E-state index is 11.1. The van der Waals surface area contributed by atoms with Gasteiger partial charge in [0, 0.05) is 18.5 Å². The maximum atomic E-state index is 11.1. The summed E-state index contributed by atoms with van der Waals surface area (Å²) in [6.07, 6.45) is 0.490. The molecule has 0 amide bonds. The molecule has 2 aliphatic heterocycles. The van der Waals surface area contributed by atoms with Crippen LogP contribution < -0.4 is 5.32 Å². The zero-order valence-electron chi connectivity index (χ0n) is 7.13. The van der Waals surface area contributed by atoms with E-state index in [1.807, 2.05) is 0 Å². The van der Waals surface area contributed by atoms with Crippen molar-refractivity contribution in [3.8, 4) is 0 Å². The second-order valence-electron chi connectivity index (χ2n) is 3.63. The van der Waals surface area contributed by atoms with Crippen LogP contribution in [0.3, 0.4) is 0 Å². The largest absolute Gasteiger partial charge is 0.467 e. The van der Waals surface area contributed by atoms with Crippen LogP contribution >= 0.6 is 0 Å². The third kappa shape index (κ3) is 1.11. The molecule has 4 nitrogen and oxygen atoms in total. The topological polar surface area (TPSA) is 47.6 Å². The first-order valence-corrected chi connectivity index (χ1v) is 4.16. The number of methoxy groups -OCH3 is 1. The predicted molar refractivity (Wildman–Crippen MR) is 41.7 cm³/mol. The van der Waals surface area contributed by atoms with Crippen LogP contribution in [0.2, 0.25) is 0 Å².